The molecule has 2 aromatic heterocycles. The van der Waals surface area contributed by atoms with Crippen molar-refractivity contribution >= 4 is 43.5 Å². The third-order valence-electron chi connectivity index (χ3n) is 3.92. The quantitative estimate of drug-likeness (QED) is 0.616. The van der Waals surface area contributed by atoms with Crippen LogP contribution >= 0.6 is 11.3 Å². The first-order chi connectivity index (χ1) is 12.1. The van der Waals surface area contributed by atoms with Gasteiger partial charge >= 0.3 is 0 Å². The van der Waals surface area contributed by atoms with Crippen LogP contribution < -0.4 is 10.7 Å². The molecule has 0 fully saturated rings. The molecule has 0 aliphatic heterocycles. The number of nitrogens with zero attached hydrogens (tertiary/aromatic N) is 3. The number of hydrogen-bond acceptors (Lipinski definition) is 5. The topological polar surface area (TPSA) is 76.9 Å². The van der Waals surface area contributed by atoms with Crippen LogP contribution in [0, 0.1) is 6.92 Å². The molecule has 0 bridgehead atoms. The molecule has 25 heavy (non-hydrogen) atoms. The van der Waals surface area contributed by atoms with E-state index in [1.807, 2.05) is 31.2 Å². The van der Waals surface area contributed by atoms with Crippen molar-refractivity contribution in [3.8, 4) is 0 Å². The Morgan fingerprint density at radius 3 is 2.88 bits per heavy atom. The maximum atomic E-state index is 12.4. The predicted molar refractivity (Wildman–Crippen MR) is 99.0 cm³/mol. The standard InChI is InChI=1S/C18H14N4O2S/c1-11-5-4-8-15-17(11)21-18(25-15)20-16(24)10-22-13-7-3-2-6-12(13)14(23)9-19-22/h2-9H,10H2,1H3,(H,20,21,24). The first-order valence-electron chi connectivity index (χ1n) is 7.73. The molecular formula is C18H14N4O2S. The molecule has 0 atom stereocenters. The van der Waals surface area contributed by atoms with Gasteiger partial charge in [-0.2, -0.15) is 5.10 Å². The van der Waals surface area contributed by atoms with Crippen molar-refractivity contribution in [1.29, 1.82) is 0 Å². The minimum atomic E-state index is -0.238. The maximum absolute atomic E-state index is 12.4. The number of benzene rings is 2. The summed E-state index contributed by atoms with van der Waals surface area (Å²) in [5, 5.41) is 7.98. The number of carbonyl (C=O) groups excluding carboxylic acids is 1. The van der Waals surface area contributed by atoms with Crippen LogP contribution in [0.2, 0.25) is 0 Å². The van der Waals surface area contributed by atoms with Crippen LogP contribution in [0.1, 0.15) is 5.56 Å². The van der Waals surface area contributed by atoms with E-state index >= 15 is 0 Å². The van der Waals surface area contributed by atoms with Gasteiger partial charge in [-0.05, 0) is 30.7 Å². The van der Waals surface area contributed by atoms with Gasteiger partial charge in [0.15, 0.2) is 5.13 Å². The molecule has 2 heterocycles. The largest absolute Gasteiger partial charge is 0.300 e. The minimum absolute atomic E-state index is 0.00962. The van der Waals surface area contributed by atoms with E-state index in [1.54, 1.807) is 18.2 Å². The van der Waals surface area contributed by atoms with E-state index in [4.69, 9.17) is 0 Å². The fourth-order valence-corrected chi connectivity index (χ4v) is 3.68. The van der Waals surface area contributed by atoms with Crippen LogP contribution in [-0.4, -0.2) is 20.7 Å². The first-order valence-corrected chi connectivity index (χ1v) is 8.54. The molecular weight excluding hydrogens is 336 g/mol. The molecule has 6 nitrogen and oxygen atoms in total. The molecule has 0 spiro atoms. The SMILES string of the molecule is Cc1cccc2sc(NC(=O)Cn3ncc(=O)c4ccccc43)nc12. The molecule has 1 amide bonds. The molecule has 0 aliphatic carbocycles. The molecule has 2 aromatic carbocycles. The van der Waals surface area contributed by atoms with Crippen molar-refractivity contribution < 1.29 is 4.79 Å². The predicted octanol–water partition coefficient (Wildman–Crippen LogP) is 2.95. The lowest BCUT2D eigenvalue weighted by Gasteiger charge is -2.08. The van der Waals surface area contributed by atoms with E-state index in [0.717, 1.165) is 15.8 Å². The molecule has 1 N–H and O–H groups in total. The van der Waals surface area contributed by atoms with E-state index in [0.29, 0.717) is 16.0 Å². The minimum Gasteiger partial charge on any atom is -0.300 e. The van der Waals surface area contributed by atoms with Crippen molar-refractivity contribution in [2.75, 3.05) is 5.32 Å². The summed E-state index contributed by atoms with van der Waals surface area (Å²) in [5.74, 6) is -0.238. The number of amides is 1. The average Bonchev–Trinajstić information content (AvgIpc) is 3.01. The Morgan fingerprint density at radius 2 is 2.04 bits per heavy atom. The van der Waals surface area contributed by atoms with Crippen LogP contribution in [-0.2, 0) is 11.3 Å². The van der Waals surface area contributed by atoms with Crippen LogP contribution in [0.5, 0.6) is 0 Å². The number of anilines is 1. The number of aryl methyl sites for hydroxylation is 1. The summed E-state index contributed by atoms with van der Waals surface area (Å²) in [6, 6.07) is 13.0. The Labute approximate surface area is 146 Å². The fraction of sp³-hybridized carbons (Fsp3) is 0.111. The second-order valence-electron chi connectivity index (χ2n) is 5.67. The highest BCUT2D eigenvalue weighted by molar-refractivity contribution is 7.22. The Balaban J connectivity index is 1.61. The monoisotopic (exact) mass is 350 g/mol. The first kappa shape index (κ1) is 15.5. The zero-order valence-electron chi connectivity index (χ0n) is 13.4. The summed E-state index contributed by atoms with van der Waals surface area (Å²) in [6.45, 7) is 2.00. The number of rotatable bonds is 3. The summed E-state index contributed by atoms with van der Waals surface area (Å²) >= 11 is 1.43. The van der Waals surface area contributed by atoms with Gasteiger partial charge < -0.3 is 5.32 Å². The number of aromatic nitrogens is 3. The van der Waals surface area contributed by atoms with Gasteiger partial charge in [-0.1, -0.05) is 35.6 Å². The van der Waals surface area contributed by atoms with Crippen LogP contribution in [0.15, 0.2) is 53.5 Å². The lowest BCUT2D eigenvalue weighted by molar-refractivity contribution is -0.116. The number of para-hydroxylation sites is 2. The number of fused-ring (bicyclic) bond motifs is 2. The van der Waals surface area contributed by atoms with Crippen molar-refractivity contribution in [2.45, 2.75) is 13.5 Å². The van der Waals surface area contributed by atoms with E-state index in [-0.39, 0.29) is 17.9 Å². The molecule has 0 radical (unpaired) electrons. The maximum Gasteiger partial charge on any atom is 0.247 e. The molecule has 0 saturated heterocycles. The van der Waals surface area contributed by atoms with Crippen molar-refractivity contribution in [1.82, 2.24) is 14.8 Å². The van der Waals surface area contributed by atoms with Gasteiger partial charge in [0.25, 0.3) is 0 Å². The van der Waals surface area contributed by atoms with Gasteiger partial charge in [0.1, 0.15) is 6.54 Å². The summed E-state index contributed by atoms with van der Waals surface area (Å²) in [5.41, 5.74) is 2.44. The highest BCUT2D eigenvalue weighted by atomic mass is 32.1. The Morgan fingerprint density at radius 1 is 1.20 bits per heavy atom. The summed E-state index contributed by atoms with van der Waals surface area (Å²) in [6.07, 6.45) is 1.23. The molecule has 0 saturated carbocycles. The zero-order valence-corrected chi connectivity index (χ0v) is 14.2. The van der Waals surface area contributed by atoms with E-state index in [1.165, 1.54) is 22.2 Å². The van der Waals surface area contributed by atoms with Crippen molar-refractivity contribution in [2.24, 2.45) is 0 Å². The van der Waals surface area contributed by atoms with Crippen LogP contribution in [0.3, 0.4) is 0 Å². The lowest BCUT2D eigenvalue weighted by Crippen LogP contribution is -2.22. The molecule has 4 rings (SSSR count). The van der Waals surface area contributed by atoms with Gasteiger partial charge in [-0.15, -0.1) is 0 Å². The van der Waals surface area contributed by atoms with E-state index in [2.05, 4.69) is 15.4 Å². The van der Waals surface area contributed by atoms with Crippen LogP contribution in [0.4, 0.5) is 5.13 Å². The number of hydrogen-bond donors (Lipinski definition) is 1. The van der Waals surface area contributed by atoms with Gasteiger partial charge in [-0.25, -0.2) is 4.98 Å². The van der Waals surface area contributed by atoms with Gasteiger partial charge in [0.2, 0.25) is 11.3 Å². The number of nitrogens with one attached hydrogen (secondary N) is 1. The third kappa shape index (κ3) is 2.89. The average molecular weight is 350 g/mol. The highest BCUT2D eigenvalue weighted by Gasteiger charge is 2.11. The van der Waals surface area contributed by atoms with E-state index in [9.17, 15) is 9.59 Å². The molecule has 0 unspecified atom stereocenters. The van der Waals surface area contributed by atoms with Gasteiger partial charge in [0.05, 0.1) is 21.9 Å². The number of thiazole rings is 1. The van der Waals surface area contributed by atoms with Crippen LogP contribution in [0.25, 0.3) is 21.1 Å². The second kappa shape index (κ2) is 6.10. The molecule has 7 heteroatoms. The smallest absolute Gasteiger partial charge is 0.247 e. The summed E-state index contributed by atoms with van der Waals surface area (Å²) < 4.78 is 2.55. The Hall–Kier alpha value is -3.06. The van der Waals surface area contributed by atoms with Gasteiger partial charge in [-0.3, -0.25) is 14.3 Å². The van der Waals surface area contributed by atoms with Crippen molar-refractivity contribution in [3.05, 3.63) is 64.4 Å². The molecule has 4 aromatic rings. The Bertz CT molecular complexity index is 1160. The Kier molecular flexibility index (Phi) is 3.77. The molecule has 0 aliphatic rings. The van der Waals surface area contributed by atoms with Crippen molar-refractivity contribution in [3.63, 3.8) is 0 Å². The third-order valence-corrected chi connectivity index (χ3v) is 4.86. The second-order valence-corrected chi connectivity index (χ2v) is 6.70. The fourth-order valence-electron chi connectivity index (χ4n) is 2.72. The zero-order chi connectivity index (χ0) is 17.4. The van der Waals surface area contributed by atoms with Gasteiger partial charge in [0, 0.05) is 5.39 Å². The summed E-state index contributed by atoms with van der Waals surface area (Å²) in [7, 11) is 0. The van der Waals surface area contributed by atoms with E-state index < -0.39 is 0 Å². The summed E-state index contributed by atoms with van der Waals surface area (Å²) in [4.78, 5) is 28.7. The number of carbonyl (C=O) groups is 1. The lowest BCUT2D eigenvalue weighted by atomic mass is 10.2. The highest BCUT2D eigenvalue weighted by Crippen LogP contribution is 2.27. The molecule has 124 valence electrons. The normalized spacial score (nSPS) is 11.1.